The van der Waals surface area contributed by atoms with Gasteiger partial charge in [0, 0.05) is 16.6 Å². The fourth-order valence-electron chi connectivity index (χ4n) is 1.96. The third kappa shape index (κ3) is 2.78. The van der Waals surface area contributed by atoms with Crippen LogP contribution in [-0.2, 0) is 0 Å². The Balaban J connectivity index is 1.84. The number of halogens is 1. The highest BCUT2D eigenvalue weighted by atomic mass is 35.5. The number of anilines is 1. The van der Waals surface area contributed by atoms with Crippen molar-refractivity contribution in [1.82, 2.24) is 4.98 Å². The Kier molecular flexibility index (Phi) is 3.61. The van der Waals surface area contributed by atoms with E-state index in [2.05, 4.69) is 15.5 Å². The highest BCUT2D eigenvalue weighted by Gasteiger charge is 1.99. The standard InChI is InChI=1S/C16H12ClN3/c17-13-5-3-4-12(10-13)11-19-20-16-8-9-18-15-7-2-1-6-14(15)16/h1-11H,(H,18,20)/b19-11+. The number of hydrogen-bond acceptors (Lipinski definition) is 3. The molecule has 1 aromatic heterocycles. The summed E-state index contributed by atoms with van der Waals surface area (Å²) in [5.74, 6) is 0. The van der Waals surface area contributed by atoms with Gasteiger partial charge in [0.2, 0.25) is 0 Å². The van der Waals surface area contributed by atoms with Gasteiger partial charge in [0.25, 0.3) is 0 Å². The molecule has 2 aromatic carbocycles. The smallest absolute Gasteiger partial charge is 0.0723 e. The van der Waals surface area contributed by atoms with Crippen molar-refractivity contribution < 1.29 is 0 Å². The third-order valence-corrected chi connectivity index (χ3v) is 3.13. The van der Waals surface area contributed by atoms with Crippen molar-refractivity contribution in [2.45, 2.75) is 0 Å². The molecule has 0 atom stereocenters. The van der Waals surface area contributed by atoms with Crippen LogP contribution in [0, 0.1) is 0 Å². The molecule has 3 aromatic rings. The summed E-state index contributed by atoms with van der Waals surface area (Å²) in [6.07, 6.45) is 3.50. The number of aromatic nitrogens is 1. The molecular formula is C16H12ClN3. The Labute approximate surface area is 121 Å². The van der Waals surface area contributed by atoms with Crippen molar-refractivity contribution in [2.75, 3.05) is 5.43 Å². The monoisotopic (exact) mass is 281 g/mol. The number of fused-ring (bicyclic) bond motifs is 1. The molecule has 4 heteroatoms. The second-order valence-electron chi connectivity index (χ2n) is 4.30. The summed E-state index contributed by atoms with van der Waals surface area (Å²) in [4.78, 5) is 4.31. The van der Waals surface area contributed by atoms with Gasteiger partial charge >= 0.3 is 0 Å². The maximum absolute atomic E-state index is 5.93. The lowest BCUT2D eigenvalue weighted by atomic mass is 10.2. The number of pyridine rings is 1. The molecule has 0 saturated carbocycles. The van der Waals surface area contributed by atoms with Crippen molar-refractivity contribution in [1.29, 1.82) is 0 Å². The van der Waals surface area contributed by atoms with Crippen molar-refractivity contribution in [3.63, 3.8) is 0 Å². The summed E-state index contributed by atoms with van der Waals surface area (Å²) in [5.41, 5.74) is 5.85. The van der Waals surface area contributed by atoms with Crippen molar-refractivity contribution >= 4 is 34.4 Å². The molecule has 3 rings (SSSR count). The van der Waals surface area contributed by atoms with Crippen LogP contribution in [0.4, 0.5) is 5.69 Å². The second-order valence-corrected chi connectivity index (χ2v) is 4.74. The molecule has 0 unspecified atom stereocenters. The van der Waals surface area contributed by atoms with Gasteiger partial charge in [0.15, 0.2) is 0 Å². The van der Waals surface area contributed by atoms with Crippen molar-refractivity contribution in [3.05, 3.63) is 71.4 Å². The number of hydrogen-bond donors (Lipinski definition) is 1. The number of hydrazone groups is 1. The zero-order valence-corrected chi connectivity index (χ0v) is 11.4. The van der Waals surface area contributed by atoms with Gasteiger partial charge in [0.1, 0.15) is 0 Å². The zero-order chi connectivity index (χ0) is 13.8. The molecular weight excluding hydrogens is 270 g/mol. The van der Waals surface area contributed by atoms with E-state index in [0.29, 0.717) is 5.02 Å². The Hall–Kier alpha value is -2.39. The van der Waals surface area contributed by atoms with Crippen LogP contribution in [0.5, 0.6) is 0 Å². The first-order valence-corrected chi connectivity index (χ1v) is 6.59. The summed E-state index contributed by atoms with van der Waals surface area (Å²) in [6.45, 7) is 0. The van der Waals surface area contributed by atoms with Crippen molar-refractivity contribution in [3.8, 4) is 0 Å². The number of nitrogens with one attached hydrogen (secondary N) is 1. The molecule has 0 aliphatic rings. The number of para-hydroxylation sites is 1. The first-order chi connectivity index (χ1) is 9.83. The Bertz CT molecular complexity index is 763. The van der Waals surface area contributed by atoms with Crippen LogP contribution >= 0.6 is 11.6 Å². The highest BCUT2D eigenvalue weighted by Crippen LogP contribution is 2.20. The van der Waals surface area contributed by atoms with Crippen LogP contribution in [0.3, 0.4) is 0 Å². The predicted molar refractivity (Wildman–Crippen MR) is 84.4 cm³/mol. The minimum absolute atomic E-state index is 0.698. The van der Waals surface area contributed by atoms with Crippen LogP contribution in [0.1, 0.15) is 5.56 Å². The molecule has 98 valence electrons. The topological polar surface area (TPSA) is 37.3 Å². The average molecular weight is 282 g/mol. The molecule has 0 bridgehead atoms. The maximum atomic E-state index is 5.93. The molecule has 0 aliphatic carbocycles. The summed E-state index contributed by atoms with van der Waals surface area (Å²) in [5, 5.41) is 5.98. The number of nitrogens with zero attached hydrogens (tertiary/aromatic N) is 2. The van der Waals surface area contributed by atoms with Gasteiger partial charge in [-0.2, -0.15) is 5.10 Å². The fourth-order valence-corrected chi connectivity index (χ4v) is 2.16. The van der Waals surface area contributed by atoms with Gasteiger partial charge in [-0.3, -0.25) is 10.4 Å². The Morgan fingerprint density at radius 2 is 1.95 bits per heavy atom. The molecule has 0 saturated heterocycles. The van der Waals surface area contributed by atoms with E-state index < -0.39 is 0 Å². The molecule has 0 spiro atoms. The maximum Gasteiger partial charge on any atom is 0.0723 e. The fraction of sp³-hybridized carbons (Fsp3) is 0. The van der Waals surface area contributed by atoms with E-state index >= 15 is 0 Å². The first-order valence-electron chi connectivity index (χ1n) is 6.21. The van der Waals surface area contributed by atoms with Gasteiger partial charge in [-0.25, -0.2) is 0 Å². The van der Waals surface area contributed by atoms with E-state index in [4.69, 9.17) is 11.6 Å². The lowest BCUT2D eigenvalue weighted by molar-refractivity contribution is 1.33. The minimum Gasteiger partial charge on any atom is -0.278 e. The minimum atomic E-state index is 0.698. The van der Waals surface area contributed by atoms with Gasteiger partial charge in [-0.15, -0.1) is 0 Å². The van der Waals surface area contributed by atoms with Crippen LogP contribution in [0.25, 0.3) is 10.9 Å². The van der Waals surface area contributed by atoms with Gasteiger partial charge in [-0.1, -0.05) is 41.9 Å². The largest absolute Gasteiger partial charge is 0.278 e. The molecule has 3 nitrogen and oxygen atoms in total. The quantitative estimate of drug-likeness (QED) is 0.573. The predicted octanol–water partition coefficient (Wildman–Crippen LogP) is 4.33. The van der Waals surface area contributed by atoms with E-state index in [0.717, 1.165) is 22.2 Å². The van der Waals surface area contributed by atoms with Crippen molar-refractivity contribution in [2.24, 2.45) is 5.10 Å². The van der Waals surface area contributed by atoms with Crippen LogP contribution in [0.15, 0.2) is 65.9 Å². The van der Waals surface area contributed by atoms with E-state index in [1.165, 1.54) is 0 Å². The number of benzene rings is 2. The van der Waals surface area contributed by atoms with E-state index in [-0.39, 0.29) is 0 Å². The lowest BCUT2D eigenvalue weighted by Crippen LogP contribution is -1.92. The first kappa shape index (κ1) is 12.6. The summed E-state index contributed by atoms with van der Waals surface area (Å²) in [6, 6.07) is 17.4. The van der Waals surface area contributed by atoms with Crippen LogP contribution in [0.2, 0.25) is 5.02 Å². The van der Waals surface area contributed by atoms with Gasteiger partial charge in [-0.05, 0) is 29.8 Å². The molecule has 0 fully saturated rings. The zero-order valence-electron chi connectivity index (χ0n) is 10.6. The Morgan fingerprint density at radius 1 is 1.05 bits per heavy atom. The molecule has 1 N–H and O–H groups in total. The normalized spacial score (nSPS) is 11.1. The van der Waals surface area contributed by atoms with Gasteiger partial charge in [0.05, 0.1) is 17.4 Å². The molecule has 20 heavy (non-hydrogen) atoms. The van der Waals surface area contributed by atoms with Gasteiger partial charge < -0.3 is 0 Å². The van der Waals surface area contributed by atoms with E-state index in [1.807, 2.05) is 54.6 Å². The summed E-state index contributed by atoms with van der Waals surface area (Å²) in [7, 11) is 0. The Morgan fingerprint density at radius 3 is 2.85 bits per heavy atom. The molecule has 0 aliphatic heterocycles. The lowest BCUT2D eigenvalue weighted by Gasteiger charge is -2.04. The highest BCUT2D eigenvalue weighted by molar-refractivity contribution is 6.30. The molecule has 0 radical (unpaired) electrons. The SMILES string of the molecule is Clc1cccc(/C=N/Nc2ccnc3ccccc23)c1. The van der Waals surface area contributed by atoms with Crippen LogP contribution in [-0.4, -0.2) is 11.2 Å². The molecule has 1 heterocycles. The average Bonchev–Trinajstić information content (AvgIpc) is 2.48. The summed E-state index contributed by atoms with van der Waals surface area (Å²) < 4.78 is 0. The van der Waals surface area contributed by atoms with E-state index in [9.17, 15) is 0 Å². The van der Waals surface area contributed by atoms with Crippen LogP contribution < -0.4 is 5.43 Å². The third-order valence-electron chi connectivity index (χ3n) is 2.90. The summed E-state index contributed by atoms with van der Waals surface area (Å²) >= 11 is 5.93. The number of rotatable bonds is 3. The molecule has 0 amide bonds. The van der Waals surface area contributed by atoms with E-state index in [1.54, 1.807) is 12.4 Å². The second kappa shape index (κ2) is 5.72.